The molecule has 1 aromatic carbocycles. The van der Waals surface area contributed by atoms with E-state index < -0.39 is 35.1 Å². The number of nitrogens with one attached hydrogen (secondary N) is 4. The van der Waals surface area contributed by atoms with Crippen LogP contribution < -0.4 is 27.2 Å². The molecular weight excluding hydrogens is 399 g/mol. The number of fused-ring (bicyclic) bond motifs is 1. The van der Waals surface area contributed by atoms with Crippen LogP contribution in [0.5, 0.6) is 0 Å². The van der Waals surface area contributed by atoms with Gasteiger partial charge in [0.25, 0.3) is 0 Å². The Balaban J connectivity index is 0.00000280. The fourth-order valence-corrected chi connectivity index (χ4v) is 3.58. The Morgan fingerprint density at radius 2 is 1.89 bits per heavy atom. The Labute approximate surface area is 166 Å². The van der Waals surface area contributed by atoms with Crippen molar-refractivity contribution in [3.63, 3.8) is 0 Å². The first-order valence-corrected chi connectivity index (χ1v) is 8.64. The second-order valence-corrected chi connectivity index (χ2v) is 7.09. The van der Waals surface area contributed by atoms with Gasteiger partial charge < -0.3 is 16.4 Å². The van der Waals surface area contributed by atoms with Gasteiger partial charge in [-0.15, -0.1) is 12.4 Å². The number of piperidine rings is 1. The molecule has 2 heterocycles. The normalized spacial score (nSPS) is 26.5. The van der Waals surface area contributed by atoms with Gasteiger partial charge in [-0.25, -0.2) is 5.43 Å². The van der Waals surface area contributed by atoms with Gasteiger partial charge in [0.05, 0.1) is 5.56 Å². The molecule has 7 nitrogen and oxygen atoms in total. The largest absolute Gasteiger partial charge is 0.416 e. The van der Waals surface area contributed by atoms with Crippen LogP contribution in [0.1, 0.15) is 24.5 Å². The third kappa shape index (κ3) is 4.24. The van der Waals surface area contributed by atoms with E-state index >= 15 is 0 Å². The van der Waals surface area contributed by atoms with Crippen LogP contribution in [0.25, 0.3) is 0 Å². The molecule has 2 fully saturated rings. The first kappa shape index (κ1) is 22.4. The molecule has 4 atom stereocenters. The molecule has 0 aromatic heterocycles. The molecule has 0 bridgehead atoms. The number of carbonyl (C=O) groups is 2. The highest BCUT2D eigenvalue weighted by molar-refractivity contribution is 5.93. The molecule has 4 unspecified atom stereocenters. The molecular formula is C17H23ClF3N5O2. The molecule has 2 aliphatic rings. The third-order valence-corrected chi connectivity index (χ3v) is 5.30. The summed E-state index contributed by atoms with van der Waals surface area (Å²) in [5, 5.41) is 5.76. The number of nitrogens with two attached hydrogens (primary N) is 1. The van der Waals surface area contributed by atoms with Crippen molar-refractivity contribution in [3.8, 4) is 0 Å². The molecule has 2 aliphatic heterocycles. The summed E-state index contributed by atoms with van der Waals surface area (Å²) in [6.45, 7) is 2.74. The summed E-state index contributed by atoms with van der Waals surface area (Å²) in [5.41, 5.74) is 8.71. The quantitative estimate of drug-likeness (QED) is 0.483. The molecule has 156 valence electrons. The van der Waals surface area contributed by atoms with Crippen molar-refractivity contribution < 1.29 is 22.8 Å². The summed E-state index contributed by atoms with van der Waals surface area (Å²) in [7, 11) is 0. The Morgan fingerprint density at radius 3 is 2.54 bits per heavy atom. The molecule has 28 heavy (non-hydrogen) atoms. The zero-order valence-electron chi connectivity index (χ0n) is 15.1. The molecule has 6 N–H and O–H groups in total. The van der Waals surface area contributed by atoms with Crippen LogP contribution in [-0.4, -0.2) is 37.0 Å². The molecule has 2 saturated heterocycles. The highest BCUT2D eigenvalue weighted by Crippen LogP contribution is 2.32. The summed E-state index contributed by atoms with van der Waals surface area (Å²) in [6.07, 6.45) is -3.74. The molecule has 1 aromatic rings. The van der Waals surface area contributed by atoms with Gasteiger partial charge >= 0.3 is 6.18 Å². The molecule has 0 saturated carbocycles. The van der Waals surface area contributed by atoms with Crippen LogP contribution in [0.3, 0.4) is 0 Å². The van der Waals surface area contributed by atoms with E-state index in [2.05, 4.69) is 21.5 Å². The van der Waals surface area contributed by atoms with Gasteiger partial charge in [-0.05, 0) is 37.6 Å². The van der Waals surface area contributed by atoms with E-state index in [1.165, 1.54) is 19.1 Å². The van der Waals surface area contributed by atoms with E-state index in [9.17, 15) is 22.8 Å². The van der Waals surface area contributed by atoms with Crippen LogP contribution in [0.2, 0.25) is 0 Å². The lowest BCUT2D eigenvalue weighted by Crippen LogP contribution is -2.58. The highest BCUT2D eigenvalue weighted by atomic mass is 35.5. The lowest BCUT2D eigenvalue weighted by molar-refractivity contribution is -0.138. The number of hydrogen-bond acceptors (Lipinski definition) is 5. The smallest absolute Gasteiger partial charge is 0.367 e. The van der Waals surface area contributed by atoms with E-state index in [-0.39, 0.29) is 29.9 Å². The number of halogens is 4. The first-order valence-electron chi connectivity index (χ1n) is 8.64. The van der Waals surface area contributed by atoms with Gasteiger partial charge in [0.1, 0.15) is 11.6 Å². The topological polar surface area (TPSA) is 108 Å². The molecule has 0 radical (unpaired) electrons. The minimum atomic E-state index is -4.57. The number of rotatable bonds is 4. The van der Waals surface area contributed by atoms with Crippen molar-refractivity contribution in [3.05, 3.63) is 35.4 Å². The number of hydrazine groups is 1. The summed E-state index contributed by atoms with van der Waals surface area (Å²) >= 11 is 0. The fraction of sp³-hybridized carbons (Fsp3) is 0.529. The predicted octanol–water partition coefficient (Wildman–Crippen LogP) is 0.398. The first-order chi connectivity index (χ1) is 12.6. The van der Waals surface area contributed by atoms with E-state index in [1.54, 1.807) is 0 Å². The van der Waals surface area contributed by atoms with Crippen LogP contribution in [0, 0.1) is 5.92 Å². The average Bonchev–Trinajstić information content (AvgIpc) is 3.05. The van der Waals surface area contributed by atoms with Gasteiger partial charge in [-0.2, -0.15) is 13.2 Å². The predicted molar refractivity (Wildman–Crippen MR) is 98.2 cm³/mol. The van der Waals surface area contributed by atoms with E-state index in [0.717, 1.165) is 25.1 Å². The van der Waals surface area contributed by atoms with Crippen LogP contribution in [0.4, 0.5) is 13.2 Å². The second-order valence-electron chi connectivity index (χ2n) is 7.09. The maximum absolute atomic E-state index is 13.0. The van der Waals surface area contributed by atoms with E-state index in [4.69, 9.17) is 5.73 Å². The number of benzene rings is 1. The zero-order valence-corrected chi connectivity index (χ0v) is 15.9. The monoisotopic (exact) mass is 421 g/mol. The zero-order chi connectivity index (χ0) is 19.8. The summed E-state index contributed by atoms with van der Waals surface area (Å²) in [4.78, 5) is 24.9. The number of amides is 2. The third-order valence-electron chi connectivity index (χ3n) is 5.30. The van der Waals surface area contributed by atoms with Crippen molar-refractivity contribution in [2.75, 3.05) is 13.1 Å². The number of hydrogen-bond donors (Lipinski definition) is 5. The van der Waals surface area contributed by atoms with Gasteiger partial charge in [0.15, 0.2) is 0 Å². The second kappa shape index (κ2) is 8.24. The van der Waals surface area contributed by atoms with E-state index in [1.807, 2.05) is 0 Å². The Hall–Kier alpha value is -1.88. The lowest BCUT2D eigenvalue weighted by atomic mass is 9.86. The number of carbonyl (C=O) groups excluding carboxylic acids is 2. The van der Waals surface area contributed by atoms with Crippen molar-refractivity contribution in [2.45, 2.75) is 37.1 Å². The minimum Gasteiger partial charge on any atom is -0.367 e. The number of primary amides is 1. The molecule has 2 amide bonds. The average molecular weight is 422 g/mol. The van der Waals surface area contributed by atoms with Crippen LogP contribution in [0.15, 0.2) is 24.3 Å². The van der Waals surface area contributed by atoms with Gasteiger partial charge in [-0.1, -0.05) is 12.1 Å². The van der Waals surface area contributed by atoms with Crippen molar-refractivity contribution in [1.82, 2.24) is 21.5 Å². The van der Waals surface area contributed by atoms with Gasteiger partial charge in [-0.3, -0.25) is 15.0 Å². The van der Waals surface area contributed by atoms with Crippen LogP contribution >= 0.6 is 12.4 Å². The Morgan fingerprint density at radius 1 is 1.21 bits per heavy atom. The molecule has 11 heteroatoms. The maximum Gasteiger partial charge on any atom is 0.416 e. The summed E-state index contributed by atoms with van der Waals surface area (Å²) in [6, 6.07) is 3.72. The molecule has 0 aliphatic carbocycles. The van der Waals surface area contributed by atoms with Crippen molar-refractivity contribution >= 4 is 24.2 Å². The van der Waals surface area contributed by atoms with E-state index in [0.29, 0.717) is 6.54 Å². The van der Waals surface area contributed by atoms with Crippen molar-refractivity contribution in [2.24, 2.45) is 11.7 Å². The summed E-state index contributed by atoms with van der Waals surface area (Å²) in [5.74, 6) is -1.49. The Bertz CT molecular complexity index is 748. The minimum absolute atomic E-state index is 0. The molecule has 3 rings (SSSR count). The van der Waals surface area contributed by atoms with Gasteiger partial charge in [0.2, 0.25) is 11.8 Å². The van der Waals surface area contributed by atoms with Crippen LogP contribution in [-0.2, 0) is 21.3 Å². The lowest BCUT2D eigenvalue weighted by Gasteiger charge is -2.32. The van der Waals surface area contributed by atoms with Gasteiger partial charge in [0, 0.05) is 18.5 Å². The Kier molecular flexibility index (Phi) is 6.59. The van der Waals surface area contributed by atoms with Crippen molar-refractivity contribution in [1.29, 1.82) is 0 Å². The molecule has 0 spiro atoms. The highest BCUT2D eigenvalue weighted by Gasteiger charge is 2.45. The summed E-state index contributed by atoms with van der Waals surface area (Å²) < 4.78 is 39.1. The number of alkyl halides is 3. The SMILES string of the molecule is CC(NC(=O)C1NNC2CCNCC21)(C(N)=O)c1cccc(C(F)(F)F)c1.Cl. The fourth-order valence-electron chi connectivity index (χ4n) is 3.58. The maximum atomic E-state index is 13.0. The standard InChI is InChI=1S/C17H22F3N5O2.ClH/c1-16(15(21)27,9-3-2-4-10(7-9)17(18,19)20)23-14(26)13-11-8-22-6-5-12(11)24-25-13;/h2-4,7,11-13,22,24-25H,5-6,8H2,1H3,(H2,21,27)(H,23,26);1H.